The number of likely N-dealkylation sites (tertiary alicyclic amines) is 1. The fourth-order valence-electron chi connectivity index (χ4n) is 7.96. The predicted molar refractivity (Wildman–Crippen MR) is 159 cm³/mol. The smallest absolute Gasteiger partial charge is 0.417 e. The number of hydrogen-bond donors (Lipinski definition) is 2. The van der Waals surface area contributed by atoms with Crippen LogP contribution in [0.2, 0.25) is 0 Å². The monoisotopic (exact) mass is 669 g/mol. The largest absolute Gasteiger partial charge is 0.472 e. The molecule has 0 spiro atoms. The van der Waals surface area contributed by atoms with E-state index >= 15 is 4.39 Å². The Hall–Kier alpha value is -3.66. The molecule has 1 aromatic carbocycles. The van der Waals surface area contributed by atoms with E-state index in [4.69, 9.17) is 15.2 Å². The van der Waals surface area contributed by atoms with E-state index in [1.807, 2.05) is 4.90 Å². The molecule has 2 bridgehead atoms. The van der Waals surface area contributed by atoms with Gasteiger partial charge in [0.15, 0.2) is 5.82 Å². The van der Waals surface area contributed by atoms with Gasteiger partial charge in [-0.1, -0.05) is 0 Å². The van der Waals surface area contributed by atoms with Gasteiger partial charge >= 0.3 is 12.2 Å². The zero-order valence-corrected chi connectivity index (χ0v) is 25.9. The first-order chi connectivity index (χ1) is 22.2. The highest BCUT2D eigenvalue weighted by atomic mass is 19.4. The lowest BCUT2D eigenvalue weighted by Crippen LogP contribution is -2.62. The number of likely N-dealkylation sites (N-methyl/N-ethyl adjacent to an activating group) is 1. The van der Waals surface area contributed by atoms with Crippen molar-refractivity contribution < 1.29 is 40.2 Å². The quantitative estimate of drug-likeness (QED) is 0.262. The van der Waals surface area contributed by atoms with Crippen molar-refractivity contribution in [2.75, 3.05) is 37.4 Å². The van der Waals surface area contributed by atoms with Crippen LogP contribution in [0.4, 0.5) is 42.2 Å². The van der Waals surface area contributed by atoms with Gasteiger partial charge < -0.3 is 25.4 Å². The maximum atomic E-state index is 16.8. The standard InChI is InChI=1S/C31H34F7N7O2/c1-13-21(31(36,37)38)16(9-17(39)22(13)34)24-23(35)25-20-27(43-29(42-25)46-12-30(10-19(32)33)7-4-8-44(30)3)45-11-15-5-6-18(40-15)26(45)14(2)47-28(20)41-24/h9,14-15,18-19,26,40H,4-8,10-12,39H2,1-3H3/t14-,15+,18-,26+,30-/m0/s1. The van der Waals surface area contributed by atoms with Crippen molar-refractivity contribution in [3.63, 3.8) is 0 Å². The normalized spacial score (nSPS) is 27.3. The molecule has 9 nitrogen and oxygen atoms in total. The van der Waals surface area contributed by atoms with Gasteiger partial charge in [-0.3, -0.25) is 4.90 Å². The lowest BCUT2D eigenvalue weighted by molar-refractivity contribution is -0.137. The number of pyridine rings is 1. The van der Waals surface area contributed by atoms with Crippen molar-refractivity contribution in [1.29, 1.82) is 0 Å². The van der Waals surface area contributed by atoms with Crippen LogP contribution in [-0.4, -0.2) is 82.8 Å². The molecular formula is C31H34F7N7O2. The molecule has 4 aliphatic heterocycles. The van der Waals surface area contributed by atoms with Gasteiger partial charge in [0.2, 0.25) is 12.3 Å². The number of nitrogen functional groups attached to an aromatic ring is 1. The van der Waals surface area contributed by atoms with Gasteiger partial charge in [-0.15, -0.1) is 0 Å². The van der Waals surface area contributed by atoms with Crippen LogP contribution in [0.5, 0.6) is 11.9 Å². The Morgan fingerprint density at radius 3 is 2.62 bits per heavy atom. The van der Waals surface area contributed by atoms with E-state index in [-0.39, 0.29) is 47.8 Å². The molecule has 4 aliphatic rings. The lowest BCUT2D eigenvalue weighted by atomic mass is 9.93. The minimum atomic E-state index is -5.09. The van der Waals surface area contributed by atoms with Gasteiger partial charge in [-0.2, -0.15) is 23.1 Å². The molecule has 0 amide bonds. The van der Waals surface area contributed by atoms with E-state index in [2.05, 4.69) is 20.3 Å². The van der Waals surface area contributed by atoms with Crippen LogP contribution in [0.1, 0.15) is 50.2 Å². The van der Waals surface area contributed by atoms with E-state index in [0.717, 1.165) is 19.8 Å². The summed E-state index contributed by atoms with van der Waals surface area (Å²) < 4.78 is 114. The number of anilines is 2. The van der Waals surface area contributed by atoms with Gasteiger partial charge in [0.1, 0.15) is 40.9 Å². The summed E-state index contributed by atoms with van der Waals surface area (Å²) in [6.07, 6.45) is -5.94. The van der Waals surface area contributed by atoms with Crippen LogP contribution in [0.25, 0.3) is 22.2 Å². The third-order valence-electron chi connectivity index (χ3n) is 10.2. The van der Waals surface area contributed by atoms with Crippen LogP contribution in [-0.2, 0) is 6.18 Å². The summed E-state index contributed by atoms with van der Waals surface area (Å²) in [6.45, 7) is 3.52. The molecule has 254 valence electrons. The Bertz CT molecular complexity index is 1740. The zero-order valence-electron chi connectivity index (χ0n) is 25.9. The molecule has 0 aliphatic carbocycles. The Labute approximate surface area is 265 Å². The third-order valence-corrected chi connectivity index (χ3v) is 10.2. The van der Waals surface area contributed by atoms with Crippen LogP contribution in [0.15, 0.2) is 6.07 Å². The number of benzene rings is 1. The summed E-state index contributed by atoms with van der Waals surface area (Å²) in [5.74, 6) is -2.51. The van der Waals surface area contributed by atoms with Gasteiger partial charge in [0.05, 0.1) is 22.8 Å². The highest BCUT2D eigenvalue weighted by Gasteiger charge is 2.48. The summed E-state index contributed by atoms with van der Waals surface area (Å²) in [5, 5.41) is 3.60. The van der Waals surface area contributed by atoms with Crippen LogP contribution in [0, 0.1) is 18.6 Å². The molecule has 3 N–H and O–H groups in total. The van der Waals surface area contributed by atoms with E-state index in [9.17, 15) is 26.3 Å². The van der Waals surface area contributed by atoms with Gasteiger partial charge in [0, 0.05) is 30.6 Å². The molecule has 0 unspecified atom stereocenters. The average molecular weight is 670 g/mol. The summed E-state index contributed by atoms with van der Waals surface area (Å²) >= 11 is 0. The number of piperazine rings is 1. The van der Waals surface area contributed by atoms with E-state index in [1.165, 1.54) is 0 Å². The molecule has 47 heavy (non-hydrogen) atoms. The number of nitrogens with two attached hydrogens (primary N) is 1. The number of hydrogen-bond acceptors (Lipinski definition) is 9. The van der Waals surface area contributed by atoms with Crippen LogP contribution in [0.3, 0.4) is 0 Å². The highest BCUT2D eigenvalue weighted by Crippen LogP contribution is 2.47. The first kappa shape index (κ1) is 31.9. The number of alkyl halides is 5. The molecule has 2 aromatic heterocycles. The van der Waals surface area contributed by atoms with Gasteiger partial charge in [-0.05, 0) is 64.8 Å². The Balaban J connectivity index is 1.44. The molecule has 3 aromatic rings. The van der Waals surface area contributed by atoms with Crippen molar-refractivity contribution in [2.45, 2.75) is 88.3 Å². The number of nitrogens with zero attached hydrogens (tertiary/aromatic N) is 5. The maximum absolute atomic E-state index is 16.8. The second kappa shape index (κ2) is 11.2. The number of aromatic nitrogens is 3. The number of nitrogens with one attached hydrogen (secondary N) is 1. The number of fused-ring (bicyclic) bond motifs is 5. The second-order valence-corrected chi connectivity index (χ2v) is 13.1. The van der Waals surface area contributed by atoms with Crippen molar-refractivity contribution >= 4 is 22.4 Å². The number of rotatable bonds is 6. The molecule has 16 heteroatoms. The maximum Gasteiger partial charge on any atom is 0.417 e. The zero-order chi connectivity index (χ0) is 33.6. The third kappa shape index (κ3) is 5.18. The van der Waals surface area contributed by atoms with Crippen molar-refractivity contribution in [2.24, 2.45) is 0 Å². The molecule has 7 rings (SSSR count). The first-order valence-corrected chi connectivity index (χ1v) is 15.6. The fraction of sp³-hybridized carbons (Fsp3) is 0.581. The van der Waals surface area contributed by atoms with Crippen molar-refractivity contribution in [3.8, 4) is 23.1 Å². The van der Waals surface area contributed by atoms with Gasteiger partial charge in [0.25, 0.3) is 0 Å². The Morgan fingerprint density at radius 2 is 1.94 bits per heavy atom. The lowest BCUT2D eigenvalue weighted by Gasteiger charge is -2.42. The average Bonchev–Trinajstić information content (AvgIpc) is 3.52. The molecule has 6 heterocycles. The van der Waals surface area contributed by atoms with Crippen molar-refractivity contribution in [3.05, 3.63) is 28.8 Å². The molecule has 0 saturated carbocycles. The van der Waals surface area contributed by atoms with E-state index < -0.39 is 75.9 Å². The molecular weight excluding hydrogens is 635 g/mol. The molecule has 3 fully saturated rings. The van der Waals surface area contributed by atoms with Crippen molar-refractivity contribution in [1.82, 2.24) is 25.2 Å². The molecule has 3 saturated heterocycles. The second-order valence-electron chi connectivity index (χ2n) is 13.1. The minimum absolute atomic E-state index is 0.0328. The Morgan fingerprint density at radius 1 is 1.17 bits per heavy atom. The highest BCUT2D eigenvalue weighted by molar-refractivity contribution is 5.97. The minimum Gasteiger partial charge on any atom is -0.472 e. The van der Waals surface area contributed by atoms with E-state index in [0.29, 0.717) is 32.0 Å². The van der Waals surface area contributed by atoms with E-state index in [1.54, 1.807) is 18.9 Å². The first-order valence-electron chi connectivity index (χ1n) is 15.6. The van der Waals surface area contributed by atoms with Crippen LogP contribution < -0.4 is 25.4 Å². The molecule has 5 atom stereocenters. The predicted octanol–water partition coefficient (Wildman–Crippen LogP) is 5.47. The van der Waals surface area contributed by atoms with Crippen LogP contribution >= 0.6 is 0 Å². The Kier molecular flexibility index (Phi) is 7.61. The topological polar surface area (TPSA) is 102 Å². The number of ether oxygens (including phenoxy) is 2. The summed E-state index contributed by atoms with van der Waals surface area (Å²) in [4.78, 5) is 17.0. The molecule has 0 radical (unpaired) electrons. The summed E-state index contributed by atoms with van der Waals surface area (Å²) in [7, 11) is 1.73. The van der Waals surface area contributed by atoms with Gasteiger partial charge in [-0.25, -0.2) is 22.5 Å². The summed E-state index contributed by atoms with van der Waals surface area (Å²) in [5.41, 5.74) is -0.157. The number of halogens is 7. The summed E-state index contributed by atoms with van der Waals surface area (Å²) in [6, 6.07) is 0.117. The SMILES string of the molecule is Cc1c(F)c(N)cc(-c2nc3c4c(nc(OC[C@@]5(CC(F)F)CCCN5C)nc4c2F)N2C[C@H]4CC[C@H](N4)[C@H]2[C@H](C)O3)c1C(F)(F)F. The fourth-order valence-corrected chi connectivity index (χ4v) is 7.96.